The predicted octanol–water partition coefficient (Wildman–Crippen LogP) is 2.36. The van der Waals surface area contributed by atoms with Crippen molar-refractivity contribution in [2.75, 3.05) is 11.9 Å². The SMILES string of the molecule is Cn1cncc1CCNc1nc2cc(F)ccc2o1. The summed E-state index contributed by atoms with van der Waals surface area (Å²) in [5.41, 5.74) is 2.21. The minimum absolute atomic E-state index is 0.317. The molecule has 0 atom stereocenters. The average molecular weight is 260 g/mol. The van der Waals surface area contributed by atoms with Crippen molar-refractivity contribution in [2.45, 2.75) is 6.42 Å². The molecule has 6 heteroatoms. The number of nitrogens with one attached hydrogen (secondary N) is 1. The molecule has 0 spiro atoms. The molecule has 0 radical (unpaired) electrons. The Hall–Kier alpha value is -2.37. The lowest BCUT2D eigenvalue weighted by Gasteiger charge is -2.02. The molecule has 0 aliphatic carbocycles. The lowest BCUT2D eigenvalue weighted by Crippen LogP contribution is -2.07. The number of imidazole rings is 1. The first-order chi connectivity index (χ1) is 9.22. The minimum Gasteiger partial charge on any atom is -0.424 e. The maximum atomic E-state index is 13.0. The Balaban J connectivity index is 1.67. The third-order valence-electron chi connectivity index (χ3n) is 2.92. The van der Waals surface area contributed by atoms with Gasteiger partial charge >= 0.3 is 0 Å². The zero-order chi connectivity index (χ0) is 13.2. The van der Waals surface area contributed by atoms with Gasteiger partial charge in [0, 0.05) is 38.0 Å². The number of oxazole rings is 1. The summed E-state index contributed by atoms with van der Waals surface area (Å²) in [6, 6.07) is 4.69. The van der Waals surface area contributed by atoms with Crippen LogP contribution in [0.15, 0.2) is 35.1 Å². The fourth-order valence-corrected chi connectivity index (χ4v) is 1.90. The number of anilines is 1. The molecule has 0 unspecified atom stereocenters. The van der Waals surface area contributed by atoms with E-state index in [2.05, 4.69) is 15.3 Å². The van der Waals surface area contributed by atoms with Crippen molar-refractivity contribution in [1.29, 1.82) is 0 Å². The second-order valence-electron chi connectivity index (χ2n) is 4.30. The first-order valence-corrected chi connectivity index (χ1v) is 5.97. The second kappa shape index (κ2) is 4.72. The van der Waals surface area contributed by atoms with Gasteiger partial charge in [0.05, 0.1) is 6.33 Å². The maximum absolute atomic E-state index is 13.0. The summed E-state index contributed by atoms with van der Waals surface area (Å²) in [5, 5.41) is 3.08. The van der Waals surface area contributed by atoms with Crippen molar-refractivity contribution in [1.82, 2.24) is 14.5 Å². The Morgan fingerprint density at radius 3 is 3.11 bits per heavy atom. The molecule has 19 heavy (non-hydrogen) atoms. The summed E-state index contributed by atoms with van der Waals surface area (Å²) in [6.45, 7) is 0.675. The number of aromatic nitrogens is 3. The van der Waals surface area contributed by atoms with Gasteiger partial charge in [-0.2, -0.15) is 4.98 Å². The van der Waals surface area contributed by atoms with Crippen LogP contribution in [0.5, 0.6) is 0 Å². The number of hydrogen-bond acceptors (Lipinski definition) is 4. The normalized spacial score (nSPS) is 11.1. The minimum atomic E-state index is -0.317. The van der Waals surface area contributed by atoms with Gasteiger partial charge in [-0.15, -0.1) is 0 Å². The van der Waals surface area contributed by atoms with Crippen LogP contribution in [-0.2, 0) is 13.5 Å². The van der Waals surface area contributed by atoms with Crippen molar-refractivity contribution in [3.63, 3.8) is 0 Å². The van der Waals surface area contributed by atoms with E-state index in [1.54, 1.807) is 12.4 Å². The predicted molar refractivity (Wildman–Crippen MR) is 69.4 cm³/mol. The summed E-state index contributed by atoms with van der Waals surface area (Å²) in [7, 11) is 1.95. The zero-order valence-corrected chi connectivity index (χ0v) is 10.4. The third-order valence-corrected chi connectivity index (χ3v) is 2.92. The van der Waals surface area contributed by atoms with Crippen LogP contribution in [0.2, 0.25) is 0 Å². The largest absolute Gasteiger partial charge is 0.424 e. The molecule has 98 valence electrons. The fourth-order valence-electron chi connectivity index (χ4n) is 1.90. The van der Waals surface area contributed by atoms with Crippen LogP contribution in [-0.4, -0.2) is 21.1 Å². The van der Waals surface area contributed by atoms with E-state index in [0.29, 0.717) is 23.7 Å². The van der Waals surface area contributed by atoms with Crippen molar-refractivity contribution < 1.29 is 8.81 Å². The van der Waals surface area contributed by atoms with E-state index in [0.717, 1.165) is 12.1 Å². The molecule has 1 aromatic carbocycles. The lowest BCUT2D eigenvalue weighted by atomic mass is 10.3. The molecular weight excluding hydrogens is 247 g/mol. The van der Waals surface area contributed by atoms with Crippen LogP contribution in [0, 0.1) is 5.82 Å². The Bertz CT molecular complexity index is 704. The van der Waals surface area contributed by atoms with Crippen LogP contribution in [0.3, 0.4) is 0 Å². The van der Waals surface area contributed by atoms with Crippen molar-refractivity contribution in [3.05, 3.63) is 42.2 Å². The number of nitrogens with zero attached hydrogens (tertiary/aromatic N) is 3. The van der Waals surface area contributed by atoms with Crippen LogP contribution < -0.4 is 5.32 Å². The van der Waals surface area contributed by atoms with Gasteiger partial charge in [0.25, 0.3) is 6.01 Å². The highest BCUT2D eigenvalue weighted by atomic mass is 19.1. The van der Waals surface area contributed by atoms with Crippen LogP contribution in [0.25, 0.3) is 11.1 Å². The summed E-state index contributed by atoms with van der Waals surface area (Å²) in [6.07, 6.45) is 4.39. The van der Waals surface area contributed by atoms with Gasteiger partial charge in [-0.3, -0.25) is 0 Å². The molecule has 3 aromatic rings. The van der Waals surface area contributed by atoms with E-state index < -0.39 is 0 Å². The first-order valence-electron chi connectivity index (χ1n) is 5.97. The highest BCUT2D eigenvalue weighted by Gasteiger charge is 2.06. The quantitative estimate of drug-likeness (QED) is 0.782. The van der Waals surface area contributed by atoms with E-state index in [4.69, 9.17) is 4.42 Å². The van der Waals surface area contributed by atoms with Crippen LogP contribution >= 0.6 is 0 Å². The summed E-state index contributed by atoms with van der Waals surface area (Å²) in [4.78, 5) is 8.22. The summed E-state index contributed by atoms with van der Waals surface area (Å²) in [5.74, 6) is -0.317. The Labute approximate surface area is 109 Å². The van der Waals surface area contributed by atoms with Gasteiger partial charge in [0.1, 0.15) is 11.3 Å². The van der Waals surface area contributed by atoms with Gasteiger partial charge in [0.15, 0.2) is 5.58 Å². The highest BCUT2D eigenvalue weighted by Crippen LogP contribution is 2.19. The monoisotopic (exact) mass is 260 g/mol. The number of aryl methyl sites for hydroxylation is 1. The molecule has 3 rings (SSSR count). The fraction of sp³-hybridized carbons (Fsp3) is 0.231. The van der Waals surface area contributed by atoms with Gasteiger partial charge in [0.2, 0.25) is 0 Å². The molecule has 0 saturated heterocycles. The number of halogens is 1. The molecule has 0 bridgehead atoms. The van der Waals surface area contributed by atoms with Crippen molar-refractivity contribution in [3.8, 4) is 0 Å². The lowest BCUT2D eigenvalue weighted by molar-refractivity contribution is 0.609. The third kappa shape index (κ3) is 2.42. The average Bonchev–Trinajstić information content (AvgIpc) is 2.95. The molecule has 0 saturated carbocycles. The van der Waals surface area contributed by atoms with E-state index in [1.807, 2.05) is 17.8 Å². The number of fused-ring (bicyclic) bond motifs is 1. The summed E-state index contributed by atoms with van der Waals surface area (Å²) < 4.78 is 20.4. The van der Waals surface area contributed by atoms with Gasteiger partial charge in [-0.25, -0.2) is 9.37 Å². The topological polar surface area (TPSA) is 55.9 Å². The van der Waals surface area contributed by atoms with E-state index in [1.165, 1.54) is 12.1 Å². The van der Waals surface area contributed by atoms with Gasteiger partial charge in [-0.05, 0) is 12.1 Å². The number of benzene rings is 1. The second-order valence-corrected chi connectivity index (χ2v) is 4.30. The molecule has 0 fully saturated rings. The molecule has 2 aromatic heterocycles. The van der Waals surface area contributed by atoms with Crippen molar-refractivity contribution in [2.24, 2.45) is 7.05 Å². The molecule has 5 nitrogen and oxygen atoms in total. The Morgan fingerprint density at radius 1 is 1.42 bits per heavy atom. The van der Waals surface area contributed by atoms with Crippen LogP contribution in [0.4, 0.5) is 10.4 Å². The number of rotatable bonds is 4. The Morgan fingerprint density at radius 2 is 2.32 bits per heavy atom. The van der Waals surface area contributed by atoms with Gasteiger partial charge < -0.3 is 14.3 Å². The van der Waals surface area contributed by atoms with E-state index in [9.17, 15) is 4.39 Å². The Kier molecular flexibility index (Phi) is 2.91. The van der Waals surface area contributed by atoms with E-state index >= 15 is 0 Å². The van der Waals surface area contributed by atoms with Crippen molar-refractivity contribution >= 4 is 17.1 Å². The standard InChI is InChI=1S/C13H13FN4O/c1-18-8-15-7-10(18)4-5-16-13-17-11-6-9(14)2-3-12(11)19-13/h2-3,6-8H,4-5H2,1H3,(H,16,17). The molecular formula is C13H13FN4O. The molecule has 0 aliphatic rings. The van der Waals surface area contributed by atoms with Crippen LogP contribution in [0.1, 0.15) is 5.69 Å². The number of hydrogen-bond donors (Lipinski definition) is 1. The summed E-state index contributed by atoms with van der Waals surface area (Å²) >= 11 is 0. The smallest absolute Gasteiger partial charge is 0.295 e. The molecule has 0 aliphatic heterocycles. The zero-order valence-electron chi connectivity index (χ0n) is 10.4. The molecule has 1 N–H and O–H groups in total. The molecule has 2 heterocycles. The van der Waals surface area contributed by atoms with E-state index in [-0.39, 0.29) is 5.82 Å². The highest BCUT2D eigenvalue weighted by molar-refractivity contribution is 5.74. The first kappa shape index (κ1) is 11.7. The maximum Gasteiger partial charge on any atom is 0.295 e. The van der Waals surface area contributed by atoms with Gasteiger partial charge in [-0.1, -0.05) is 0 Å². The molecule has 0 amide bonds.